The van der Waals surface area contributed by atoms with Gasteiger partial charge in [-0.15, -0.1) is 0 Å². The average molecular weight is 140 g/mol. The molecule has 0 aromatic carbocycles. The second kappa shape index (κ2) is 5.86. The second-order valence-electron chi connectivity index (χ2n) is 1.36. The Morgan fingerprint density at radius 2 is 2.50 bits per heavy atom. The zero-order valence-corrected chi connectivity index (χ0v) is 5.72. The molecule has 0 aromatic rings. The van der Waals surface area contributed by atoms with Crippen molar-refractivity contribution in [3.05, 3.63) is 24.3 Å². The number of hydrogen-bond donors (Lipinski definition) is 0. The van der Waals surface area contributed by atoms with Crippen LogP contribution in [0.2, 0.25) is 0 Å². The number of methoxy groups -OCH3 is 1. The van der Waals surface area contributed by atoms with Crippen LogP contribution < -0.4 is 0 Å². The minimum atomic E-state index is -0.467. The van der Waals surface area contributed by atoms with E-state index in [0.29, 0.717) is 0 Å². The fourth-order valence-corrected chi connectivity index (χ4v) is 0.289. The van der Waals surface area contributed by atoms with Crippen LogP contribution >= 0.6 is 0 Å². The van der Waals surface area contributed by atoms with Gasteiger partial charge in [-0.05, 0) is 12.3 Å². The van der Waals surface area contributed by atoms with Crippen molar-refractivity contribution in [1.82, 2.24) is 0 Å². The quantitative estimate of drug-likeness (QED) is 0.327. The zero-order valence-electron chi connectivity index (χ0n) is 5.72. The molecule has 0 heterocycles. The van der Waals surface area contributed by atoms with E-state index in [0.717, 1.165) is 6.26 Å². The third-order valence-electron chi connectivity index (χ3n) is 0.614. The van der Waals surface area contributed by atoms with Crippen molar-refractivity contribution >= 4 is 5.97 Å². The molecule has 0 fully saturated rings. The summed E-state index contributed by atoms with van der Waals surface area (Å²) in [6, 6.07) is 0. The van der Waals surface area contributed by atoms with Gasteiger partial charge in [0.15, 0.2) is 0 Å². The summed E-state index contributed by atoms with van der Waals surface area (Å²) >= 11 is 0. The number of carbonyl (C=O) groups excluding carboxylic acids is 1. The molecule has 10 heavy (non-hydrogen) atoms. The molecule has 54 valence electrons. The molecule has 0 saturated heterocycles. The Kier molecular flexibility index (Phi) is 5.12. The molecule has 0 saturated carbocycles. The first kappa shape index (κ1) is 8.73. The average Bonchev–Trinajstić information content (AvgIpc) is 1.89. The van der Waals surface area contributed by atoms with Crippen LogP contribution in [0.25, 0.3) is 0 Å². The number of rotatable bonds is 3. The lowest BCUT2D eigenvalue weighted by Crippen LogP contribution is -2.06. The first-order valence-corrected chi connectivity index (χ1v) is 2.59. The molecule has 0 spiro atoms. The molecule has 0 unspecified atom stereocenters. The Morgan fingerprint density at radius 1 is 1.80 bits per heavy atom. The van der Waals surface area contributed by atoms with Crippen LogP contribution in [0.3, 0.4) is 0 Å². The summed E-state index contributed by atoms with van der Waals surface area (Å²) in [6.45, 7) is 3.15. The molecule has 0 N–H and O–H groups in total. The highest BCUT2D eigenvalue weighted by atomic mass is 16.6. The van der Waals surface area contributed by atoms with Crippen molar-refractivity contribution in [3.8, 4) is 0 Å². The molecule has 0 aliphatic carbocycles. The van der Waals surface area contributed by atoms with Gasteiger partial charge in [0.2, 0.25) is 0 Å². The van der Waals surface area contributed by atoms with Gasteiger partial charge < -0.3 is 9.47 Å². The van der Waals surface area contributed by atoms with E-state index in [-0.39, 0.29) is 6.61 Å². The molecule has 3 heteroatoms. The van der Waals surface area contributed by atoms with E-state index in [1.54, 1.807) is 0 Å². The summed E-state index contributed by atoms with van der Waals surface area (Å²) in [5.74, 6) is -0.467. The predicted molar refractivity (Wildman–Crippen MR) is 35.2 cm³/mol. The highest BCUT2D eigenvalue weighted by Crippen LogP contribution is 1.78. The summed E-state index contributed by atoms with van der Waals surface area (Å²) < 4.78 is 8.90. The van der Waals surface area contributed by atoms with Gasteiger partial charge in [0, 0.05) is 7.11 Å². The molecule has 0 aliphatic rings. The van der Waals surface area contributed by atoms with Gasteiger partial charge in [-0.1, -0.05) is 5.73 Å². The SMILES string of the molecule is C=C=C=COC(=O)COC. The molecule has 0 atom stereocenters. The Hall–Kier alpha value is -1.27. The van der Waals surface area contributed by atoms with Crippen molar-refractivity contribution in [2.24, 2.45) is 0 Å². The Balaban J connectivity index is 3.59. The number of carbonyl (C=O) groups is 1. The van der Waals surface area contributed by atoms with E-state index < -0.39 is 5.97 Å². The number of ether oxygens (including phenoxy) is 2. The molecule has 0 bridgehead atoms. The van der Waals surface area contributed by atoms with Crippen LogP contribution in [0.1, 0.15) is 0 Å². The predicted octanol–water partition coefficient (Wildman–Crippen LogP) is 0.630. The van der Waals surface area contributed by atoms with E-state index in [2.05, 4.69) is 27.5 Å². The van der Waals surface area contributed by atoms with Gasteiger partial charge in [0.1, 0.15) is 12.9 Å². The van der Waals surface area contributed by atoms with Crippen molar-refractivity contribution in [3.63, 3.8) is 0 Å². The van der Waals surface area contributed by atoms with Gasteiger partial charge in [0.25, 0.3) is 0 Å². The van der Waals surface area contributed by atoms with Crippen molar-refractivity contribution in [1.29, 1.82) is 0 Å². The van der Waals surface area contributed by atoms with E-state index in [9.17, 15) is 4.79 Å². The molecule has 0 radical (unpaired) electrons. The maximum atomic E-state index is 10.5. The number of hydrogen-bond acceptors (Lipinski definition) is 3. The molecule has 3 nitrogen and oxygen atoms in total. The lowest BCUT2D eigenvalue weighted by Gasteiger charge is -1.93. The highest BCUT2D eigenvalue weighted by Gasteiger charge is 1.95. The lowest BCUT2D eigenvalue weighted by atomic mass is 10.7. The fraction of sp³-hybridized carbons (Fsp3) is 0.286. The summed E-state index contributed by atoms with van der Waals surface area (Å²) in [7, 11) is 1.41. The Labute approximate surface area is 59.2 Å². The Bertz CT molecular complexity index is 183. The molecule has 0 amide bonds. The van der Waals surface area contributed by atoms with E-state index >= 15 is 0 Å². The van der Waals surface area contributed by atoms with Crippen LogP contribution in [0.15, 0.2) is 24.3 Å². The summed E-state index contributed by atoms with van der Waals surface area (Å²) in [6.07, 6.45) is 1.08. The van der Waals surface area contributed by atoms with E-state index in [4.69, 9.17) is 0 Å². The summed E-state index contributed by atoms with van der Waals surface area (Å²) in [5, 5.41) is 0. The minimum Gasteiger partial charge on any atom is -0.424 e. The standard InChI is InChI=1S/C7H8O3/c1-3-4-5-10-7(8)6-9-2/h5H,1,6H2,2H3. The van der Waals surface area contributed by atoms with Gasteiger partial charge in [-0.3, -0.25) is 0 Å². The van der Waals surface area contributed by atoms with Crippen LogP contribution in [0.4, 0.5) is 0 Å². The Morgan fingerprint density at radius 3 is 3.00 bits per heavy atom. The minimum absolute atomic E-state index is 0.0602. The first-order chi connectivity index (χ1) is 4.81. The van der Waals surface area contributed by atoms with Gasteiger partial charge in [-0.2, -0.15) is 0 Å². The van der Waals surface area contributed by atoms with Crippen LogP contribution in [0, 0.1) is 0 Å². The van der Waals surface area contributed by atoms with Gasteiger partial charge in [0.05, 0.1) is 0 Å². The monoisotopic (exact) mass is 140 g/mol. The molecule has 0 aromatic heterocycles. The third kappa shape index (κ3) is 4.88. The van der Waals surface area contributed by atoms with Crippen molar-refractivity contribution in [2.75, 3.05) is 13.7 Å². The number of esters is 1. The van der Waals surface area contributed by atoms with Crippen LogP contribution in [-0.4, -0.2) is 19.7 Å². The molecular weight excluding hydrogens is 132 g/mol. The maximum Gasteiger partial charge on any atom is 0.337 e. The fourth-order valence-electron chi connectivity index (χ4n) is 0.289. The van der Waals surface area contributed by atoms with Crippen molar-refractivity contribution in [2.45, 2.75) is 0 Å². The zero-order chi connectivity index (χ0) is 7.82. The largest absolute Gasteiger partial charge is 0.424 e. The molecular formula is C7H8O3. The summed E-state index contributed by atoms with van der Waals surface area (Å²) in [4.78, 5) is 10.5. The van der Waals surface area contributed by atoms with E-state index in [1.807, 2.05) is 0 Å². The van der Waals surface area contributed by atoms with Gasteiger partial charge >= 0.3 is 5.97 Å². The normalized spacial score (nSPS) is 7.30. The van der Waals surface area contributed by atoms with Gasteiger partial charge in [-0.25, -0.2) is 4.79 Å². The van der Waals surface area contributed by atoms with Crippen LogP contribution in [0.5, 0.6) is 0 Å². The topological polar surface area (TPSA) is 35.5 Å². The second-order valence-corrected chi connectivity index (χ2v) is 1.36. The maximum absolute atomic E-state index is 10.5. The molecule has 0 aliphatic heterocycles. The van der Waals surface area contributed by atoms with E-state index in [1.165, 1.54) is 7.11 Å². The van der Waals surface area contributed by atoms with Crippen molar-refractivity contribution < 1.29 is 14.3 Å². The lowest BCUT2D eigenvalue weighted by molar-refractivity contribution is -0.142. The summed E-state index contributed by atoms with van der Waals surface area (Å²) in [5.41, 5.74) is 4.64. The first-order valence-electron chi connectivity index (χ1n) is 2.59. The smallest absolute Gasteiger partial charge is 0.337 e. The third-order valence-corrected chi connectivity index (χ3v) is 0.614. The highest BCUT2D eigenvalue weighted by molar-refractivity contribution is 5.71. The molecule has 0 rings (SSSR count). The van der Waals surface area contributed by atoms with Crippen LogP contribution in [-0.2, 0) is 14.3 Å².